The van der Waals surface area contributed by atoms with E-state index < -0.39 is 0 Å². The molecule has 2 heterocycles. The van der Waals surface area contributed by atoms with Crippen LogP contribution in [0.25, 0.3) is 0 Å². The van der Waals surface area contributed by atoms with Crippen molar-refractivity contribution in [2.24, 2.45) is 5.41 Å². The van der Waals surface area contributed by atoms with Gasteiger partial charge in [0.05, 0.1) is 0 Å². The first-order chi connectivity index (χ1) is 4.70. The fourth-order valence-corrected chi connectivity index (χ4v) is 2.10. The number of hydrogen-bond acceptors (Lipinski definition) is 2. The van der Waals surface area contributed by atoms with Crippen molar-refractivity contribution >= 4 is 0 Å². The molecule has 2 rings (SSSR count). The van der Waals surface area contributed by atoms with Crippen LogP contribution in [0.3, 0.4) is 0 Å². The van der Waals surface area contributed by atoms with E-state index in [9.17, 15) is 4.48 Å². The predicted octanol–water partition coefficient (Wildman–Crippen LogP) is 0.508. The van der Waals surface area contributed by atoms with Gasteiger partial charge in [0.1, 0.15) is 0 Å². The zero-order valence-electron chi connectivity index (χ0n) is 6.31. The Morgan fingerprint density at radius 2 is 2.00 bits per heavy atom. The Bertz CT molecular complexity index is 137. The molecular formula is C7H13FN2. The molecule has 0 bridgehead atoms. The van der Waals surface area contributed by atoms with Crippen molar-refractivity contribution in [1.82, 2.24) is 10.0 Å². The third-order valence-electron chi connectivity index (χ3n) is 2.64. The van der Waals surface area contributed by atoms with Crippen LogP contribution in [-0.4, -0.2) is 43.2 Å². The Labute approximate surface area is 60.5 Å². The summed E-state index contributed by atoms with van der Waals surface area (Å²) in [4.78, 5) is 2.28. The summed E-state index contributed by atoms with van der Waals surface area (Å²) in [5.41, 5.74) is 0.337. The second-order valence-corrected chi connectivity index (χ2v) is 3.77. The minimum Gasteiger partial charge on any atom is -0.306 e. The Kier molecular flexibility index (Phi) is 1.26. The third-order valence-corrected chi connectivity index (χ3v) is 2.64. The van der Waals surface area contributed by atoms with Crippen LogP contribution in [0, 0.1) is 5.41 Å². The summed E-state index contributed by atoms with van der Waals surface area (Å²) in [5, 5.41) is 0.916. The summed E-state index contributed by atoms with van der Waals surface area (Å²) in [7, 11) is 2.11. The number of nitrogens with zero attached hydrogens (tertiary/aromatic N) is 2. The van der Waals surface area contributed by atoms with Crippen molar-refractivity contribution in [1.29, 1.82) is 0 Å². The van der Waals surface area contributed by atoms with Crippen molar-refractivity contribution in [3.8, 4) is 0 Å². The monoisotopic (exact) mass is 144 g/mol. The summed E-state index contributed by atoms with van der Waals surface area (Å²) in [6.07, 6.45) is 1.18. The molecule has 2 saturated heterocycles. The van der Waals surface area contributed by atoms with E-state index in [1.165, 1.54) is 6.42 Å². The molecular weight excluding hydrogens is 131 g/mol. The fraction of sp³-hybridized carbons (Fsp3) is 1.00. The largest absolute Gasteiger partial charge is 0.306 e. The zero-order valence-corrected chi connectivity index (χ0v) is 6.31. The van der Waals surface area contributed by atoms with Gasteiger partial charge in [0.2, 0.25) is 0 Å². The van der Waals surface area contributed by atoms with Gasteiger partial charge in [-0.2, -0.15) is 0 Å². The second kappa shape index (κ2) is 1.92. The van der Waals surface area contributed by atoms with Crippen LogP contribution in [0.15, 0.2) is 0 Å². The van der Waals surface area contributed by atoms with Crippen LogP contribution in [-0.2, 0) is 0 Å². The van der Waals surface area contributed by atoms with Gasteiger partial charge in [-0.1, -0.05) is 0 Å². The van der Waals surface area contributed by atoms with E-state index in [1.807, 2.05) is 0 Å². The van der Waals surface area contributed by atoms with Gasteiger partial charge in [0, 0.05) is 25.0 Å². The van der Waals surface area contributed by atoms with E-state index in [1.54, 1.807) is 0 Å². The molecule has 58 valence electrons. The minimum absolute atomic E-state index is 0.337. The van der Waals surface area contributed by atoms with E-state index in [2.05, 4.69) is 11.9 Å². The van der Waals surface area contributed by atoms with Crippen LogP contribution in [0.1, 0.15) is 6.42 Å². The van der Waals surface area contributed by atoms with Crippen LogP contribution in [0.4, 0.5) is 4.48 Å². The van der Waals surface area contributed by atoms with Crippen molar-refractivity contribution in [3.05, 3.63) is 0 Å². The lowest BCUT2D eigenvalue weighted by Crippen LogP contribution is -2.53. The molecule has 0 aliphatic carbocycles. The minimum atomic E-state index is 0.337. The van der Waals surface area contributed by atoms with Gasteiger partial charge in [-0.05, 0) is 20.0 Å². The average molecular weight is 144 g/mol. The summed E-state index contributed by atoms with van der Waals surface area (Å²) in [6.45, 7) is 3.57. The van der Waals surface area contributed by atoms with Crippen LogP contribution in [0.2, 0.25) is 0 Å². The first-order valence-corrected chi connectivity index (χ1v) is 3.80. The molecule has 0 atom stereocenters. The molecule has 2 nitrogen and oxygen atoms in total. The normalized spacial score (nSPS) is 33.0. The van der Waals surface area contributed by atoms with Crippen molar-refractivity contribution in [3.63, 3.8) is 0 Å². The Balaban J connectivity index is 1.95. The lowest BCUT2D eigenvalue weighted by Gasteiger charge is -2.42. The highest BCUT2D eigenvalue weighted by Crippen LogP contribution is 2.38. The second-order valence-electron chi connectivity index (χ2n) is 3.77. The summed E-state index contributed by atoms with van der Waals surface area (Å²) in [5.74, 6) is 0. The van der Waals surface area contributed by atoms with Gasteiger partial charge < -0.3 is 4.90 Å². The summed E-state index contributed by atoms with van der Waals surface area (Å²) < 4.78 is 12.4. The molecule has 0 saturated carbocycles. The van der Waals surface area contributed by atoms with Gasteiger partial charge in [-0.15, -0.1) is 9.60 Å². The lowest BCUT2D eigenvalue weighted by atomic mass is 9.81. The standard InChI is InChI=1S/C7H13FN2/c1-9-3-2-7(4-9)5-10(8)6-7/h2-6H2,1H3. The van der Waals surface area contributed by atoms with E-state index in [4.69, 9.17) is 0 Å². The molecule has 2 aliphatic rings. The molecule has 0 aromatic rings. The molecule has 2 aliphatic heterocycles. The highest BCUT2D eigenvalue weighted by molar-refractivity contribution is 4.97. The fourth-order valence-electron chi connectivity index (χ4n) is 2.10. The van der Waals surface area contributed by atoms with E-state index in [0.29, 0.717) is 18.5 Å². The molecule has 0 aromatic carbocycles. The topological polar surface area (TPSA) is 6.48 Å². The molecule has 0 unspecified atom stereocenters. The van der Waals surface area contributed by atoms with E-state index in [0.717, 1.165) is 18.2 Å². The van der Waals surface area contributed by atoms with Gasteiger partial charge in [0.25, 0.3) is 0 Å². The molecule has 10 heavy (non-hydrogen) atoms. The molecule has 0 radical (unpaired) electrons. The van der Waals surface area contributed by atoms with Crippen LogP contribution in [0.5, 0.6) is 0 Å². The molecule has 0 N–H and O–H groups in total. The molecule has 3 heteroatoms. The van der Waals surface area contributed by atoms with Crippen LogP contribution >= 0.6 is 0 Å². The highest BCUT2D eigenvalue weighted by Gasteiger charge is 2.47. The number of rotatable bonds is 0. The maximum Gasteiger partial charge on any atom is 0.0373 e. The SMILES string of the molecule is CN1CCC2(C1)CN(F)C2. The summed E-state index contributed by atoms with van der Waals surface area (Å²) >= 11 is 0. The van der Waals surface area contributed by atoms with Crippen molar-refractivity contribution < 1.29 is 4.48 Å². The number of hydrogen-bond donors (Lipinski definition) is 0. The Hall–Kier alpha value is -0.150. The first kappa shape index (κ1) is 6.55. The van der Waals surface area contributed by atoms with Crippen molar-refractivity contribution in [2.45, 2.75) is 6.42 Å². The van der Waals surface area contributed by atoms with Gasteiger partial charge in [-0.3, -0.25) is 0 Å². The maximum atomic E-state index is 12.4. The van der Waals surface area contributed by atoms with Gasteiger partial charge in [0.15, 0.2) is 0 Å². The first-order valence-electron chi connectivity index (χ1n) is 3.80. The molecule has 0 amide bonds. The number of halogens is 1. The molecule has 1 spiro atoms. The van der Waals surface area contributed by atoms with E-state index >= 15 is 0 Å². The maximum absolute atomic E-state index is 12.4. The Morgan fingerprint density at radius 3 is 2.40 bits per heavy atom. The lowest BCUT2D eigenvalue weighted by molar-refractivity contribution is -0.127. The average Bonchev–Trinajstić information content (AvgIpc) is 2.10. The molecule has 0 aromatic heterocycles. The third kappa shape index (κ3) is 0.847. The Morgan fingerprint density at radius 1 is 1.30 bits per heavy atom. The zero-order chi connectivity index (χ0) is 7.19. The van der Waals surface area contributed by atoms with Crippen molar-refractivity contribution in [2.75, 3.05) is 33.2 Å². The highest BCUT2D eigenvalue weighted by atomic mass is 19.2. The number of likely N-dealkylation sites (tertiary alicyclic amines) is 1. The predicted molar refractivity (Wildman–Crippen MR) is 37.2 cm³/mol. The molecule has 2 fully saturated rings. The van der Waals surface area contributed by atoms with E-state index in [-0.39, 0.29) is 0 Å². The van der Waals surface area contributed by atoms with Gasteiger partial charge in [-0.25, -0.2) is 0 Å². The smallest absolute Gasteiger partial charge is 0.0373 e. The van der Waals surface area contributed by atoms with Gasteiger partial charge >= 0.3 is 0 Å². The summed E-state index contributed by atoms with van der Waals surface area (Å²) in [6, 6.07) is 0. The van der Waals surface area contributed by atoms with Crippen LogP contribution < -0.4 is 0 Å². The quantitative estimate of drug-likeness (QED) is 0.457.